The zero-order chi connectivity index (χ0) is 25.3. The number of rotatable bonds is 7. The van der Waals surface area contributed by atoms with Gasteiger partial charge >= 0.3 is 5.97 Å². The Morgan fingerprint density at radius 2 is 1.75 bits per heavy atom. The standard InChI is InChI=1S/C28H22ClN3O3S/c1-28(2,27(33)34)35-21-7-5-6-18(16-21)22-8-3-4-9-23(22)24-17-25(26-30-14-15-36-26)32(31-24)20-12-10-19(29)11-13-20/h3-17H,1-2H3,(H,33,34). The predicted molar refractivity (Wildman–Crippen MR) is 143 cm³/mol. The molecule has 0 unspecified atom stereocenters. The number of aromatic nitrogens is 3. The third-order valence-electron chi connectivity index (χ3n) is 5.67. The molecule has 0 aliphatic rings. The highest BCUT2D eigenvalue weighted by molar-refractivity contribution is 7.13. The minimum absolute atomic E-state index is 0.477. The molecule has 2 aromatic heterocycles. The van der Waals surface area contributed by atoms with Crippen LogP contribution in [-0.2, 0) is 4.79 Å². The average molecular weight is 516 g/mol. The molecule has 0 saturated heterocycles. The molecule has 0 saturated carbocycles. The molecule has 1 N–H and O–H groups in total. The van der Waals surface area contributed by atoms with Gasteiger partial charge in [-0.25, -0.2) is 14.5 Å². The minimum Gasteiger partial charge on any atom is -0.478 e. The molecule has 0 bridgehead atoms. The molecule has 2 heterocycles. The number of hydrogen-bond donors (Lipinski definition) is 1. The number of nitrogens with zero attached hydrogens (tertiary/aromatic N) is 3. The van der Waals surface area contributed by atoms with E-state index in [4.69, 9.17) is 21.4 Å². The molecule has 36 heavy (non-hydrogen) atoms. The van der Waals surface area contributed by atoms with Gasteiger partial charge in [0.25, 0.3) is 0 Å². The zero-order valence-corrected chi connectivity index (χ0v) is 21.1. The van der Waals surface area contributed by atoms with Gasteiger partial charge in [0.15, 0.2) is 5.60 Å². The first kappa shape index (κ1) is 23.8. The molecule has 3 aromatic carbocycles. The van der Waals surface area contributed by atoms with Gasteiger partial charge in [0.05, 0.1) is 11.4 Å². The maximum atomic E-state index is 11.5. The van der Waals surface area contributed by atoms with Crippen molar-refractivity contribution in [3.05, 3.63) is 95.5 Å². The number of halogens is 1. The molecule has 180 valence electrons. The smallest absolute Gasteiger partial charge is 0.347 e. The molecule has 0 atom stereocenters. The lowest BCUT2D eigenvalue weighted by molar-refractivity contribution is -0.152. The fourth-order valence-corrected chi connectivity index (χ4v) is 4.58. The number of carbonyl (C=O) groups is 1. The van der Waals surface area contributed by atoms with Crippen molar-refractivity contribution in [1.29, 1.82) is 0 Å². The van der Waals surface area contributed by atoms with Crippen molar-refractivity contribution in [3.63, 3.8) is 0 Å². The summed E-state index contributed by atoms with van der Waals surface area (Å²) in [6.07, 6.45) is 1.77. The SMILES string of the molecule is CC(C)(Oc1cccc(-c2ccccc2-c2cc(-c3nccs3)n(-c3ccc(Cl)cc3)n2)c1)C(=O)O. The highest BCUT2D eigenvalue weighted by Gasteiger charge is 2.29. The Labute approximate surface area is 217 Å². The van der Waals surface area contributed by atoms with E-state index in [0.717, 1.165) is 38.8 Å². The van der Waals surface area contributed by atoms with E-state index in [-0.39, 0.29) is 0 Å². The first-order chi connectivity index (χ1) is 17.3. The third-order valence-corrected chi connectivity index (χ3v) is 6.72. The van der Waals surface area contributed by atoms with Crippen LogP contribution in [0.15, 0.2) is 90.4 Å². The van der Waals surface area contributed by atoms with Gasteiger partial charge in [-0.2, -0.15) is 5.10 Å². The summed E-state index contributed by atoms with van der Waals surface area (Å²) in [7, 11) is 0. The van der Waals surface area contributed by atoms with E-state index in [1.54, 1.807) is 23.6 Å². The molecule has 8 heteroatoms. The van der Waals surface area contributed by atoms with Crippen molar-refractivity contribution in [1.82, 2.24) is 14.8 Å². The van der Waals surface area contributed by atoms with Crippen LogP contribution in [0.25, 0.3) is 38.8 Å². The Kier molecular flexibility index (Phi) is 6.35. The van der Waals surface area contributed by atoms with Gasteiger partial charge in [0, 0.05) is 22.2 Å². The number of hydrogen-bond acceptors (Lipinski definition) is 5. The van der Waals surface area contributed by atoms with Crippen LogP contribution >= 0.6 is 22.9 Å². The Bertz CT molecular complexity index is 1530. The summed E-state index contributed by atoms with van der Waals surface area (Å²) in [6, 6.07) is 24.9. The summed E-state index contributed by atoms with van der Waals surface area (Å²) in [5.41, 5.74) is 3.94. The summed E-state index contributed by atoms with van der Waals surface area (Å²) in [5.74, 6) is -0.555. The second kappa shape index (κ2) is 9.60. The number of benzene rings is 3. The predicted octanol–water partition coefficient (Wildman–Crippen LogP) is 7.23. The molecule has 0 amide bonds. The number of carboxylic acid groups (broad SMARTS) is 1. The van der Waals surface area contributed by atoms with Crippen molar-refractivity contribution in [2.24, 2.45) is 0 Å². The van der Waals surface area contributed by atoms with Crippen molar-refractivity contribution in [2.75, 3.05) is 0 Å². The van der Waals surface area contributed by atoms with E-state index >= 15 is 0 Å². The van der Waals surface area contributed by atoms with E-state index < -0.39 is 11.6 Å². The van der Waals surface area contributed by atoms with Gasteiger partial charge in [-0.05, 0) is 67.4 Å². The van der Waals surface area contributed by atoms with Gasteiger partial charge in [0.1, 0.15) is 16.5 Å². The van der Waals surface area contributed by atoms with Crippen LogP contribution in [-0.4, -0.2) is 31.4 Å². The van der Waals surface area contributed by atoms with Crippen molar-refractivity contribution in [2.45, 2.75) is 19.4 Å². The van der Waals surface area contributed by atoms with Crippen LogP contribution in [0.1, 0.15) is 13.8 Å². The summed E-state index contributed by atoms with van der Waals surface area (Å²) >= 11 is 7.66. The monoisotopic (exact) mass is 515 g/mol. The van der Waals surface area contributed by atoms with Crippen LogP contribution in [0.3, 0.4) is 0 Å². The van der Waals surface area contributed by atoms with Crippen LogP contribution in [0, 0.1) is 0 Å². The van der Waals surface area contributed by atoms with Gasteiger partial charge in [-0.15, -0.1) is 11.3 Å². The van der Waals surface area contributed by atoms with E-state index in [0.29, 0.717) is 10.8 Å². The van der Waals surface area contributed by atoms with E-state index in [1.165, 1.54) is 13.8 Å². The summed E-state index contributed by atoms with van der Waals surface area (Å²) in [5, 5.41) is 17.9. The maximum Gasteiger partial charge on any atom is 0.347 e. The Hall–Kier alpha value is -3.94. The summed E-state index contributed by atoms with van der Waals surface area (Å²) in [6.45, 7) is 3.05. The normalized spacial score (nSPS) is 11.4. The van der Waals surface area contributed by atoms with E-state index in [2.05, 4.69) is 4.98 Å². The fraction of sp³-hybridized carbons (Fsp3) is 0.107. The summed E-state index contributed by atoms with van der Waals surface area (Å²) < 4.78 is 7.64. The molecular weight excluding hydrogens is 494 g/mol. The first-order valence-corrected chi connectivity index (χ1v) is 12.5. The highest BCUT2D eigenvalue weighted by atomic mass is 35.5. The molecule has 0 fully saturated rings. The van der Waals surface area contributed by atoms with Crippen molar-refractivity contribution >= 4 is 28.9 Å². The lowest BCUT2D eigenvalue weighted by Crippen LogP contribution is -2.37. The van der Waals surface area contributed by atoms with E-state index in [1.807, 2.05) is 82.9 Å². The van der Waals surface area contributed by atoms with Gasteiger partial charge in [0.2, 0.25) is 0 Å². The number of ether oxygens (including phenoxy) is 1. The van der Waals surface area contributed by atoms with Crippen LogP contribution in [0.5, 0.6) is 5.75 Å². The first-order valence-electron chi connectivity index (χ1n) is 11.2. The molecule has 0 spiro atoms. The lowest BCUT2D eigenvalue weighted by atomic mass is 9.97. The van der Waals surface area contributed by atoms with Crippen LogP contribution < -0.4 is 4.74 Å². The highest BCUT2D eigenvalue weighted by Crippen LogP contribution is 2.36. The fourth-order valence-electron chi connectivity index (χ4n) is 3.82. The topological polar surface area (TPSA) is 77.2 Å². The quantitative estimate of drug-likeness (QED) is 0.247. The number of carboxylic acids is 1. The molecule has 0 aliphatic carbocycles. The summed E-state index contributed by atoms with van der Waals surface area (Å²) in [4.78, 5) is 16.0. The Morgan fingerprint density at radius 1 is 1.00 bits per heavy atom. The second-order valence-corrected chi connectivity index (χ2v) is 9.96. The minimum atomic E-state index is -1.35. The largest absolute Gasteiger partial charge is 0.478 e. The van der Waals surface area contributed by atoms with Gasteiger partial charge < -0.3 is 9.84 Å². The Balaban J connectivity index is 1.61. The molecule has 0 aliphatic heterocycles. The number of aliphatic carboxylic acids is 1. The maximum absolute atomic E-state index is 11.5. The van der Waals surface area contributed by atoms with Gasteiger partial charge in [-0.3, -0.25) is 0 Å². The van der Waals surface area contributed by atoms with Gasteiger partial charge in [-0.1, -0.05) is 48.0 Å². The van der Waals surface area contributed by atoms with Crippen molar-refractivity contribution in [3.8, 4) is 44.5 Å². The van der Waals surface area contributed by atoms with Crippen molar-refractivity contribution < 1.29 is 14.6 Å². The van der Waals surface area contributed by atoms with Crippen LogP contribution in [0.4, 0.5) is 0 Å². The second-order valence-electron chi connectivity index (χ2n) is 8.63. The molecule has 5 aromatic rings. The molecule has 5 rings (SSSR count). The van der Waals surface area contributed by atoms with E-state index in [9.17, 15) is 9.90 Å². The third kappa shape index (κ3) is 4.76. The number of thiazole rings is 1. The van der Waals surface area contributed by atoms with Crippen LogP contribution in [0.2, 0.25) is 5.02 Å². The molecule has 0 radical (unpaired) electrons. The molecular formula is C28H22ClN3O3S. The Morgan fingerprint density at radius 3 is 2.44 bits per heavy atom. The lowest BCUT2D eigenvalue weighted by Gasteiger charge is -2.22. The molecule has 6 nitrogen and oxygen atoms in total. The average Bonchev–Trinajstić information content (AvgIpc) is 3.55. The zero-order valence-electron chi connectivity index (χ0n) is 19.6.